The minimum atomic E-state index is -2.49. The van der Waals surface area contributed by atoms with Gasteiger partial charge in [-0.1, -0.05) is 17.7 Å². The van der Waals surface area contributed by atoms with Crippen molar-refractivity contribution in [3.63, 3.8) is 0 Å². The Kier molecular flexibility index (Phi) is 4.51. The van der Waals surface area contributed by atoms with Gasteiger partial charge in [0.25, 0.3) is 5.91 Å². The molecular weight excluding hydrogens is 357 g/mol. The Labute approximate surface area is 146 Å². The molecule has 1 aromatic carbocycles. The molecule has 0 spiro atoms. The number of carbonyl (C=O) groups is 2. The minimum Gasteiger partial charge on any atom is -0.349 e. The van der Waals surface area contributed by atoms with Crippen molar-refractivity contribution in [3.8, 4) is 0 Å². The molecule has 0 saturated carbocycles. The normalized spacial score (nSPS) is 19.4. The third-order valence-corrected chi connectivity index (χ3v) is 4.30. The zero-order valence-corrected chi connectivity index (χ0v) is 13.5. The number of aromatic nitrogens is 1. The number of halogens is 4. The van der Waals surface area contributed by atoms with Crippen molar-refractivity contribution in [2.24, 2.45) is 0 Å². The van der Waals surface area contributed by atoms with Crippen LogP contribution in [0.4, 0.5) is 13.2 Å². The van der Waals surface area contributed by atoms with Crippen LogP contribution < -0.4 is 5.32 Å². The summed E-state index contributed by atoms with van der Waals surface area (Å²) in [5, 5.41) is 2.06. The van der Waals surface area contributed by atoms with Crippen molar-refractivity contribution in [2.75, 3.05) is 0 Å². The second-order valence-electron chi connectivity index (χ2n) is 5.65. The first-order valence-corrected chi connectivity index (χ1v) is 7.80. The average molecular weight is 369 g/mol. The summed E-state index contributed by atoms with van der Waals surface area (Å²) in [6, 6.07) is 4.52. The Hall–Kier alpha value is -2.41. The lowest BCUT2D eigenvalue weighted by Gasteiger charge is -2.29. The highest BCUT2D eigenvalue weighted by molar-refractivity contribution is 6.30. The maximum Gasteiger partial charge on any atom is 0.262 e. The molecule has 1 N–H and O–H groups in total. The number of amides is 1. The van der Waals surface area contributed by atoms with E-state index in [9.17, 15) is 18.4 Å². The van der Waals surface area contributed by atoms with Gasteiger partial charge in [-0.25, -0.2) is 13.2 Å². The molecule has 25 heavy (non-hydrogen) atoms. The summed E-state index contributed by atoms with van der Waals surface area (Å²) in [6.45, 7) is -0.553. The quantitative estimate of drug-likeness (QED) is 0.902. The van der Waals surface area contributed by atoms with Crippen molar-refractivity contribution in [2.45, 2.75) is 25.1 Å². The maximum atomic E-state index is 15.3. The molecule has 2 aromatic rings. The van der Waals surface area contributed by atoms with Crippen LogP contribution in [-0.2, 0) is 17.0 Å². The molecular formula is C17H12ClF3N2O2. The summed E-state index contributed by atoms with van der Waals surface area (Å²) in [6.07, 6.45) is 0.790. The number of hydrogen-bond donors (Lipinski definition) is 1. The number of Topliss-reactive ketones (excluding diaryl/α,β-unsaturated/α-hetero) is 1. The van der Waals surface area contributed by atoms with Gasteiger partial charge in [0.2, 0.25) is 5.67 Å². The average Bonchev–Trinajstić information content (AvgIpc) is 2.57. The number of alkyl halides is 1. The monoisotopic (exact) mass is 368 g/mol. The third-order valence-electron chi connectivity index (χ3n) is 4.09. The van der Waals surface area contributed by atoms with Crippen LogP contribution in [0.5, 0.6) is 0 Å². The molecule has 1 aliphatic carbocycles. The first-order chi connectivity index (χ1) is 11.8. The Morgan fingerprint density at radius 3 is 2.68 bits per heavy atom. The Morgan fingerprint density at radius 1 is 1.32 bits per heavy atom. The highest BCUT2D eigenvalue weighted by atomic mass is 35.5. The number of benzene rings is 1. The lowest BCUT2D eigenvalue weighted by Crippen LogP contribution is -2.44. The SMILES string of the molecule is O=C1CCC(F)(C(=O)NCc2c(F)cc(Cl)cc2F)c2cccnc21. The van der Waals surface area contributed by atoms with Crippen LogP contribution >= 0.6 is 11.6 Å². The van der Waals surface area contributed by atoms with Gasteiger partial charge >= 0.3 is 0 Å². The largest absolute Gasteiger partial charge is 0.349 e. The van der Waals surface area contributed by atoms with E-state index in [2.05, 4.69) is 10.3 Å². The summed E-state index contributed by atoms with van der Waals surface area (Å²) >= 11 is 5.53. The van der Waals surface area contributed by atoms with E-state index in [-0.39, 0.29) is 34.9 Å². The first kappa shape index (κ1) is 17.4. The number of fused-ring (bicyclic) bond motifs is 1. The van der Waals surface area contributed by atoms with E-state index < -0.39 is 35.3 Å². The molecule has 130 valence electrons. The van der Waals surface area contributed by atoms with Gasteiger partial charge in [0.1, 0.15) is 17.3 Å². The summed E-state index contributed by atoms with van der Waals surface area (Å²) in [4.78, 5) is 28.0. The molecule has 1 unspecified atom stereocenters. The number of pyridine rings is 1. The molecule has 3 rings (SSSR count). The summed E-state index contributed by atoms with van der Waals surface area (Å²) < 4.78 is 42.8. The van der Waals surface area contributed by atoms with Crippen molar-refractivity contribution >= 4 is 23.3 Å². The fraction of sp³-hybridized carbons (Fsp3) is 0.235. The van der Waals surface area contributed by atoms with Crippen LogP contribution in [0.3, 0.4) is 0 Å². The van der Waals surface area contributed by atoms with E-state index in [1.807, 2.05) is 0 Å². The van der Waals surface area contributed by atoms with E-state index in [0.29, 0.717) is 0 Å². The molecule has 0 aliphatic heterocycles. The lowest BCUT2D eigenvalue weighted by molar-refractivity contribution is -0.134. The van der Waals surface area contributed by atoms with Gasteiger partial charge in [-0.2, -0.15) is 0 Å². The second kappa shape index (κ2) is 6.48. The van der Waals surface area contributed by atoms with Crippen LogP contribution in [0.15, 0.2) is 30.5 Å². The molecule has 1 amide bonds. The van der Waals surface area contributed by atoms with Gasteiger partial charge in [-0.3, -0.25) is 14.6 Å². The fourth-order valence-corrected chi connectivity index (χ4v) is 2.96. The molecule has 0 radical (unpaired) electrons. The standard InChI is InChI=1S/C17H12ClF3N2O2/c18-9-6-12(19)10(13(20)7-9)8-23-16(25)17(21)4-3-14(24)15-11(17)2-1-5-22-15/h1-2,5-7H,3-4,8H2,(H,23,25). The highest BCUT2D eigenvalue weighted by Gasteiger charge is 2.46. The Balaban J connectivity index is 1.85. The molecule has 0 fully saturated rings. The molecule has 4 nitrogen and oxygen atoms in total. The first-order valence-electron chi connectivity index (χ1n) is 7.42. The van der Waals surface area contributed by atoms with E-state index in [1.165, 1.54) is 18.3 Å². The predicted molar refractivity (Wildman–Crippen MR) is 83.8 cm³/mol. The second-order valence-corrected chi connectivity index (χ2v) is 6.09. The zero-order chi connectivity index (χ0) is 18.2. The van der Waals surface area contributed by atoms with Crippen molar-refractivity contribution in [3.05, 3.63) is 63.9 Å². The summed E-state index contributed by atoms with van der Waals surface area (Å²) in [7, 11) is 0. The fourth-order valence-electron chi connectivity index (χ4n) is 2.77. The lowest BCUT2D eigenvalue weighted by atomic mass is 9.81. The van der Waals surface area contributed by atoms with Gasteiger partial charge in [0.05, 0.1) is 0 Å². The van der Waals surface area contributed by atoms with Crippen LogP contribution in [0.2, 0.25) is 5.02 Å². The predicted octanol–water partition coefficient (Wildman–Crippen LogP) is 3.47. The van der Waals surface area contributed by atoms with Crippen molar-refractivity contribution in [1.82, 2.24) is 10.3 Å². The maximum absolute atomic E-state index is 15.3. The van der Waals surface area contributed by atoms with E-state index in [0.717, 1.165) is 12.1 Å². The number of carbonyl (C=O) groups excluding carboxylic acids is 2. The molecule has 0 saturated heterocycles. The molecule has 1 aliphatic rings. The molecule has 8 heteroatoms. The van der Waals surface area contributed by atoms with Gasteiger partial charge in [0, 0.05) is 41.7 Å². The molecule has 1 heterocycles. The van der Waals surface area contributed by atoms with Crippen molar-refractivity contribution < 1.29 is 22.8 Å². The topological polar surface area (TPSA) is 59.1 Å². The van der Waals surface area contributed by atoms with Crippen LogP contribution in [0.1, 0.15) is 34.5 Å². The summed E-state index contributed by atoms with van der Waals surface area (Å²) in [5.74, 6) is -3.33. The minimum absolute atomic E-state index is 0.102. The third kappa shape index (κ3) is 3.11. The van der Waals surface area contributed by atoms with Crippen molar-refractivity contribution in [1.29, 1.82) is 0 Å². The zero-order valence-electron chi connectivity index (χ0n) is 12.8. The number of ketones is 1. The number of hydrogen-bond acceptors (Lipinski definition) is 3. The number of nitrogens with one attached hydrogen (secondary N) is 1. The smallest absolute Gasteiger partial charge is 0.262 e. The van der Waals surface area contributed by atoms with Gasteiger partial charge in [-0.15, -0.1) is 0 Å². The van der Waals surface area contributed by atoms with Gasteiger partial charge < -0.3 is 5.32 Å². The summed E-state index contributed by atoms with van der Waals surface area (Å²) in [5.41, 5.74) is -3.16. The Bertz CT molecular complexity index is 852. The Morgan fingerprint density at radius 2 is 2.00 bits per heavy atom. The van der Waals surface area contributed by atoms with E-state index >= 15 is 4.39 Å². The molecule has 1 aromatic heterocycles. The van der Waals surface area contributed by atoms with Crippen LogP contribution in [0, 0.1) is 11.6 Å². The molecule has 0 bridgehead atoms. The van der Waals surface area contributed by atoms with Gasteiger partial charge in [0.15, 0.2) is 5.78 Å². The van der Waals surface area contributed by atoms with Crippen LogP contribution in [-0.4, -0.2) is 16.7 Å². The van der Waals surface area contributed by atoms with E-state index in [1.54, 1.807) is 0 Å². The van der Waals surface area contributed by atoms with Gasteiger partial charge in [-0.05, 0) is 18.2 Å². The highest BCUT2D eigenvalue weighted by Crippen LogP contribution is 2.38. The van der Waals surface area contributed by atoms with Crippen LogP contribution in [0.25, 0.3) is 0 Å². The molecule has 1 atom stereocenters. The van der Waals surface area contributed by atoms with E-state index in [4.69, 9.17) is 11.6 Å². The number of rotatable bonds is 3. The number of nitrogens with zero attached hydrogens (tertiary/aromatic N) is 1.